The maximum absolute atomic E-state index is 14.1. The number of anilines is 1. The molecule has 168 valence electrons. The molecule has 1 aromatic heterocycles. The Morgan fingerprint density at radius 2 is 1.66 bits per heavy atom. The van der Waals surface area contributed by atoms with Gasteiger partial charge in [-0.1, -0.05) is 26.0 Å². The van der Waals surface area contributed by atoms with Gasteiger partial charge < -0.3 is 10.4 Å². The highest BCUT2D eigenvalue weighted by atomic mass is 32.2. The predicted octanol–water partition coefficient (Wildman–Crippen LogP) is 3.42. The van der Waals surface area contributed by atoms with E-state index in [0.29, 0.717) is 41.7 Å². The second-order valence-corrected chi connectivity index (χ2v) is 8.85. The molecule has 3 N–H and O–H groups in total. The fourth-order valence-corrected chi connectivity index (χ4v) is 3.77. The lowest BCUT2D eigenvalue weighted by molar-refractivity contribution is 0.0691. The fraction of sp³-hybridized carbons (Fsp3) is 0.190. The molecule has 0 unspecified atom stereocenters. The van der Waals surface area contributed by atoms with E-state index in [0.717, 1.165) is 0 Å². The number of nitrogens with one attached hydrogen (secondary N) is 2. The minimum Gasteiger partial charge on any atom is -0.478 e. The van der Waals surface area contributed by atoms with Crippen molar-refractivity contribution in [1.82, 2.24) is 15.3 Å². The molecule has 2 aromatic carbocycles. The Morgan fingerprint density at radius 3 is 2.22 bits per heavy atom. The Kier molecular flexibility index (Phi) is 6.80. The molecule has 0 radical (unpaired) electrons. The van der Waals surface area contributed by atoms with Crippen LogP contribution in [0.2, 0.25) is 0 Å². The number of benzene rings is 2. The zero-order valence-electron chi connectivity index (χ0n) is 17.1. The van der Waals surface area contributed by atoms with Crippen molar-refractivity contribution in [2.24, 2.45) is 0 Å². The first-order valence-electron chi connectivity index (χ1n) is 9.46. The summed E-state index contributed by atoms with van der Waals surface area (Å²) in [6.07, 6.45) is 3.24. The highest BCUT2D eigenvalue weighted by Crippen LogP contribution is 2.25. The quantitative estimate of drug-likeness (QED) is 0.469. The van der Waals surface area contributed by atoms with Crippen LogP contribution in [-0.4, -0.2) is 35.5 Å². The molecule has 32 heavy (non-hydrogen) atoms. The number of hydrogen-bond acceptors (Lipinski definition) is 6. The average molecular weight is 462 g/mol. The normalized spacial score (nSPS) is 11.5. The monoisotopic (exact) mass is 462 g/mol. The molecule has 8 nitrogen and oxygen atoms in total. The third-order valence-corrected chi connectivity index (χ3v) is 5.78. The van der Waals surface area contributed by atoms with Gasteiger partial charge in [-0.15, -0.1) is 0 Å². The van der Waals surface area contributed by atoms with Gasteiger partial charge in [0, 0.05) is 30.1 Å². The maximum atomic E-state index is 14.1. The van der Waals surface area contributed by atoms with E-state index in [2.05, 4.69) is 15.3 Å². The number of carboxylic acid groups (broad SMARTS) is 1. The van der Waals surface area contributed by atoms with Gasteiger partial charge in [0.25, 0.3) is 10.0 Å². The summed E-state index contributed by atoms with van der Waals surface area (Å²) in [5.41, 5.74) is -0.262. The largest absolute Gasteiger partial charge is 0.478 e. The smallest absolute Gasteiger partial charge is 0.338 e. The Hall–Kier alpha value is -3.44. The molecule has 0 saturated heterocycles. The molecule has 0 amide bonds. The van der Waals surface area contributed by atoms with Gasteiger partial charge in [-0.2, -0.15) is 0 Å². The molecule has 0 aliphatic heterocycles. The van der Waals surface area contributed by atoms with Crippen LogP contribution in [0.15, 0.2) is 53.7 Å². The van der Waals surface area contributed by atoms with Crippen LogP contribution in [0.5, 0.6) is 0 Å². The van der Waals surface area contributed by atoms with E-state index in [1.165, 1.54) is 24.3 Å². The van der Waals surface area contributed by atoms with Crippen molar-refractivity contribution >= 4 is 21.7 Å². The van der Waals surface area contributed by atoms with Crippen molar-refractivity contribution in [1.29, 1.82) is 0 Å². The molecule has 3 aromatic rings. The van der Waals surface area contributed by atoms with E-state index in [1.807, 2.05) is 18.6 Å². The molecular formula is C21H20F2N4O4S. The van der Waals surface area contributed by atoms with E-state index >= 15 is 0 Å². The number of hydrogen-bond donors (Lipinski definition) is 3. The maximum Gasteiger partial charge on any atom is 0.338 e. The first-order valence-corrected chi connectivity index (χ1v) is 10.9. The van der Waals surface area contributed by atoms with Crippen LogP contribution in [0.4, 0.5) is 14.5 Å². The third kappa shape index (κ3) is 5.42. The molecule has 0 saturated carbocycles. The molecule has 11 heteroatoms. The zero-order chi connectivity index (χ0) is 23.5. The molecule has 0 aliphatic carbocycles. The van der Waals surface area contributed by atoms with Crippen molar-refractivity contribution < 1.29 is 27.1 Å². The number of rotatable bonds is 8. The summed E-state index contributed by atoms with van der Waals surface area (Å²) in [5.74, 6) is -3.53. The topological polar surface area (TPSA) is 121 Å². The molecule has 0 fully saturated rings. The second-order valence-electron chi connectivity index (χ2n) is 7.17. The first-order chi connectivity index (χ1) is 15.1. The Morgan fingerprint density at radius 1 is 1.03 bits per heavy atom. The summed E-state index contributed by atoms with van der Waals surface area (Å²) in [5, 5.41) is 12.0. The minimum absolute atomic E-state index is 0.193. The molecule has 0 bridgehead atoms. The zero-order valence-corrected chi connectivity index (χ0v) is 18.0. The van der Waals surface area contributed by atoms with Crippen LogP contribution in [0.3, 0.4) is 0 Å². The van der Waals surface area contributed by atoms with E-state index in [4.69, 9.17) is 5.11 Å². The van der Waals surface area contributed by atoms with Crippen LogP contribution in [0.1, 0.15) is 30.0 Å². The second kappa shape index (κ2) is 9.37. The van der Waals surface area contributed by atoms with Gasteiger partial charge in [0.2, 0.25) is 0 Å². The molecular weight excluding hydrogens is 442 g/mol. The van der Waals surface area contributed by atoms with E-state index in [1.54, 1.807) is 12.4 Å². The fourth-order valence-electron chi connectivity index (χ4n) is 2.71. The van der Waals surface area contributed by atoms with Gasteiger partial charge in [-0.3, -0.25) is 4.72 Å². The van der Waals surface area contributed by atoms with Crippen LogP contribution in [-0.2, 0) is 16.6 Å². The lowest BCUT2D eigenvalue weighted by Crippen LogP contribution is -2.23. The summed E-state index contributed by atoms with van der Waals surface area (Å²) in [6, 6.07) is 6.85. The lowest BCUT2D eigenvalue weighted by Gasteiger charge is -2.11. The van der Waals surface area contributed by atoms with Crippen LogP contribution >= 0.6 is 0 Å². The number of carbonyl (C=O) groups is 1. The number of aromatic nitrogens is 2. The molecule has 0 atom stereocenters. The summed E-state index contributed by atoms with van der Waals surface area (Å²) < 4.78 is 54.9. The number of sulfonamides is 1. The predicted molar refractivity (Wildman–Crippen MR) is 114 cm³/mol. The van der Waals surface area contributed by atoms with Gasteiger partial charge in [-0.05, 0) is 23.8 Å². The van der Waals surface area contributed by atoms with Crippen LogP contribution in [0.25, 0.3) is 11.1 Å². The average Bonchev–Trinajstić information content (AvgIpc) is 2.74. The summed E-state index contributed by atoms with van der Waals surface area (Å²) in [4.78, 5) is 19.2. The number of nitrogens with zero attached hydrogens (tertiary/aromatic N) is 2. The standard InChI is InChI=1S/C21H20F2N4O4S/c1-12(2)24-11-20-25-9-14(10-26-20)13-3-5-15(6-4-13)32(30,31)27-19-8-17(22)16(21(28)29)7-18(19)23/h3-10,12,24,27H,11H2,1-2H3,(H,28,29). The van der Waals surface area contributed by atoms with Crippen molar-refractivity contribution in [2.75, 3.05) is 4.72 Å². The van der Waals surface area contributed by atoms with Crippen molar-refractivity contribution in [2.45, 2.75) is 31.3 Å². The van der Waals surface area contributed by atoms with Crippen molar-refractivity contribution in [3.8, 4) is 11.1 Å². The van der Waals surface area contributed by atoms with Crippen LogP contribution < -0.4 is 10.0 Å². The van der Waals surface area contributed by atoms with Gasteiger partial charge in [0.05, 0.1) is 22.7 Å². The third-order valence-electron chi connectivity index (χ3n) is 4.40. The Balaban J connectivity index is 1.78. The number of carboxylic acids is 1. The van der Waals surface area contributed by atoms with Crippen molar-refractivity contribution in [3.63, 3.8) is 0 Å². The van der Waals surface area contributed by atoms with E-state index in [9.17, 15) is 22.0 Å². The van der Waals surface area contributed by atoms with Crippen molar-refractivity contribution in [3.05, 3.63) is 71.8 Å². The van der Waals surface area contributed by atoms with Gasteiger partial charge >= 0.3 is 5.97 Å². The SMILES string of the molecule is CC(C)NCc1ncc(-c2ccc(S(=O)(=O)Nc3cc(F)c(C(=O)O)cc3F)cc2)cn1. The first kappa shape index (κ1) is 23.2. The summed E-state index contributed by atoms with van der Waals surface area (Å²) >= 11 is 0. The highest BCUT2D eigenvalue weighted by Gasteiger charge is 2.20. The molecule has 0 aliphatic rings. The molecule has 0 spiro atoms. The number of halogens is 2. The number of aromatic carboxylic acids is 1. The summed E-state index contributed by atoms with van der Waals surface area (Å²) in [7, 11) is -4.25. The van der Waals surface area contributed by atoms with Gasteiger partial charge in [0.1, 0.15) is 17.5 Å². The Labute approximate surface area is 183 Å². The summed E-state index contributed by atoms with van der Waals surface area (Å²) in [6.45, 7) is 4.54. The molecule has 1 heterocycles. The van der Waals surface area contributed by atoms with Crippen LogP contribution in [0, 0.1) is 11.6 Å². The highest BCUT2D eigenvalue weighted by molar-refractivity contribution is 7.92. The van der Waals surface area contributed by atoms with E-state index < -0.39 is 38.9 Å². The Bertz CT molecular complexity index is 1230. The van der Waals surface area contributed by atoms with Gasteiger partial charge in [0.15, 0.2) is 0 Å². The lowest BCUT2D eigenvalue weighted by atomic mass is 10.1. The minimum atomic E-state index is -4.25. The van der Waals surface area contributed by atoms with E-state index in [-0.39, 0.29) is 4.90 Å². The molecule has 3 rings (SSSR count). The van der Waals surface area contributed by atoms with Gasteiger partial charge in [-0.25, -0.2) is 32.0 Å².